The van der Waals surface area contributed by atoms with Crippen molar-refractivity contribution < 1.29 is 0 Å². The third-order valence-corrected chi connectivity index (χ3v) is 4.71. The molecule has 1 atom stereocenters. The summed E-state index contributed by atoms with van der Waals surface area (Å²) in [5, 5.41) is 7.27. The fourth-order valence-corrected chi connectivity index (χ4v) is 3.45. The van der Waals surface area contributed by atoms with E-state index in [-0.39, 0.29) is 0 Å². The Balaban J connectivity index is 1.73. The molecule has 0 saturated heterocycles. The number of hydrogen-bond donors (Lipinski definition) is 1. The lowest BCUT2D eigenvalue weighted by Crippen LogP contribution is -2.17. The summed E-state index contributed by atoms with van der Waals surface area (Å²) in [6, 6.07) is 17.7. The van der Waals surface area contributed by atoms with Crippen molar-refractivity contribution in [1.29, 1.82) is 0 Å². The molecule has 0 aliphatic carbocycles. The largest absolute Gasteiger partial charge is 0.306 e. The van der Waals surface area contributed by atoms with Crippen LogP contribution in [0.5, 0.6) is 0 Å². The summed E-state index contributed by atoms with van der Waals surface area (Å²) in [5.74, 6) is 0. The summed E-state index contributed by atoms with van der Waals surface area (Å²) in [5.41, 5.74) is 4.06. The second-order valence-electron chi connectivity index (χ2n) is 5.27. The highest BCUT2D eigenvalue weighted by molar-refractivity contribution is 7.17. The molecule has 0 amide bonds. The van der Waals surface area contributed by atoms with E-state index in [9.17, 15) is 0 Å². The van der Waals surface area contributed by atoms with Gasteiger partial charge in [-0.3, -0.25) is 0 Å². The molecule has 1 N–H and O–H groups in total. The van der Waals surface area contributed by atoms with Crippen LogP contribution in [-0.2, 0) is 6.54 Å². The molecule has 0 aliphatic heterocycles. The first-order chi connectivity index (χ1) is 9.74. The molecule has 0 radical (unpaired) electrons. The molecule has 2 heteroatoms. The average molecular weight is 281 g/mol. The van der Waals surface area contributed by atoms with Crippen LogP contribution in [-0.4, -0.2) is 0 Å². The highest BCUT2D eigenvalue weighted by Crippen LogP contribution is 2.26. The molecule has 1 heterocycles. The summed E-state index contributed by atoms with van der Waals surface area (Å²) in [7, 11) is 0. The molecule has 0 fully saturated rings. The van der Waals surface area contributed by atoms with E-state index in [1.807, 2.05) is 11.3 Å². The predicted octanol–water partition coefficient (Wildman–Crippen LogP) is 5.06. The van der Waals surface area contributed by atoms with Gasteiger partial charge in [-0.05, 0) is 41.8 Å². The third-order valence-electron chi connectivity index (χ3n) is 3.70. The van der Waals surface area contributed by atoms with Gasteiger partial charge < -0.3 is 5.32 Å². The van der Waals surface area contributed by atoms with Crippen molar-refractivity contribution in [1.82, 2.24) is 5.32 Å². The Morgan fingerprint density at radius 1 is 1.10 bits per heavy atom. The van der Waals surface area contributed by atoms with Gasteiger partial charge in [0.2, 0.25) is 0 Å². The maximum atomic E-state index is 3.63. The fraction of sp³-hybridized carbons (Fsp3) is 0.222. The second kappa shape index (κ2) is 5.78. The Labute approximate surface area is 124 Å². The highest BCUT2D eigenvalue weighted by Gasteiger charge is 2.07. The van der Waals surface area contributed by atoms with Crippen LogP contribution in [0.3, 0.4) is 0 Å². The molecule has 20 heavy (non-hydrogen) atoms. The minimum atomic E-state index is 0.369. The number of aryl methyl sites for hydroxylation is 1. The summed E-state index contributed by atoms with van der Waals surface area (Å²) in [4.78, 5) is 0. The van der Waals surface area contributed by atoms with Gasteiger partial charge in [-0.15, -0.1) is 11.3 Å². The maximum Gasteiger partial charge on any atom is 0.0346 e. The minimum absolute atomic E-state index is 0.369. The van der Waals surface area contributed by atoms with Crippen LogP contribution in [0.4, 0.5) is 0 Å². The highest BCUT2D eigenvalue weighted by atomic mass is 32.1. The first-order valence-electron chi connectivity index (χ1n) is 6.99. The third kappa shape index (κ3) is 2.77. The van der Waals surface area contributed by atoms with E-state index in [1.54, 1.807) is 0 Å². The number of rotatable bonds is 4. The number of nitrogens with one attached hydrogen (secondary N) is 1. The van der Waals surface area contributed by atoms with E-state index in [0.717, 1.165) is 6.54 Å². The van der Waals surface area contributed by atoms with E-state index in [0.29, 0.717) is 6.04 Å². The lowest BCUT2D eigenvalue weighted by molar-refractivity contribution is 0.577. The van der Waals surface area contributed by atoms with Gasteiger partial charge in [-0.2, -0.15) is 0 Å². The molecule has 1 nitrogen and oxygen atoms in total. The van der Waals surface area contributed by atoms with E-state index in [2.05, 4.69) is 73.1 Å². The van der Waals surface area contributed by atoms with Crippen LogP contribution >= 0.6 is 11.3 Å². The van der Waals surface area contributed by atoms with Crippen LogP contribution in [0.1, 0.15) is 29.7 Å². The van der Waals surface area contributed by atoms with Crippen LogP contribution in [0.25, 0.3) is 10.1 Å². The van der Waals surface area contributed by atoms with Gasteiger partial charge >= 0.3 is 0 Å². The summed E-state index contributed by atoms with van der Waals surface area (Å²) in [6.45, 7) is 5.28. The molecular weight excluding hydrogens is 262 g/mol. The zero-order chi connectivity index (χ0) is 13.9. The summed E-state index contributed by atoms with van der Waals surface area (Å²) >= 11 is 1.82. The van der Waals surface area contributed by atoms with Crippen molar-refractivity contribution in [3.8, 4) is 0 Å². The minimum Gasteiger partial charge on any atom is -0.306 e. The zero-order valence-corrected chi connectivity index (χ0v) is 12.7. The van der Waals surface area contributed by atoms with Crippen molar-refractivity contribution >= 4 is 21.4 Å². The van der Waals surface area contributed by atoms with Crippen molar-refractivity contribution in [3.05, 3.63) is 70.6 Å². The first-order valence-corrected chi connectivity index (χ1v) is 7.87. The van der Waals surface area contributed by atoms with Crippen molar-refractivity contribution in [3.63, 3.8) is 0 Å². The van der Waals surface area contributed by atoms with Gasteiger partial charge in [0.05, 0.1) is 0 Å². The lowest BCUT2D eigenvalue weighted by atomic mass is 10.1. The molecule has 0 spiro atoms. The smallest absolute Gasteiger partial charge is 0.0346 e. The Morgan fingerprint density at radius 2 is 1.95 bits per heavy atom. The molecule has 0 saturated carbocycles. The van der Waals surface area contributed by atoms with E-state index in [1.165, 1.54) is 26.8 Å². The van der Waals surface area contributed by atoms with Crippen molar-refractivity contribution in [2.24, 2.45) is 0 Å². The Hall–Kier alpha value is -1.64. The Bertz CT molecular complexity index is 714. The van der Waals surface area contributed by atoms with Gasteiger partial charge in [0.25, 0.3) is 0 Å². The van der Waals surface area contributed by atoms with Gasteiger partial charge in [0.15, 0.2) is 0 Å². The quantitative estimate of drug-likeness (QED) is 0.704. The van der Waals surface area contributed by atoms with Crippen molar-refractivity contribution in [2.75, 3.05) is 0 Å². The molecule has 0 bridgehead atoms. The van der Waals surface area contributed by atoms with E-state index in [4.69, 9.17) is 0 Å². The molecule has 1 aromatic heterocycles. The summed E-state index contributed by atoms with van der Waals surface area (Å²) in [6.07, 6.45) is 0. The number of thiophene rings is 1. The Morgan fingerprint density at radius 3 is 2.80 bits per heavy atom. The van der Waals surface area contributed by atoms with Gasteiger partial charge in [-0.25, -0.2) is 0 Å². The summed E-state index contributed by atoms with van der Waals surface area (Å²) < 4.78 is 1.37. The molecule has 0 aliphatic rings. The zero-order valence-electron chi connectivity index (χ0n) is 11.9. The first kappa shape index (κ1) is 13.3. The predicted molar refractivity (Wildman–Crippen MR) is 88.3 cm³/mol. The normalized spacial score (nSPS) is 12.7. The maximum absolute atomic E-state index is 3.63. The lowest BCUT2D eigenvalue weighted by Gasteiger charge is -2.14. The molecule has 102 valence electrons. The molecule has 0 unspecified atom stereocenters. The number of fused-ring (bicyclic) bond motifs is 1. The molecule has 3 aromatic rings. The second-order valence-corrected chi connectivity index (χ2v) is 6.19. The number of benzene rings is 2. The van der Waals surface area contributed by atoms with Crippen LogP contribution in [0, 0.1) is 6.92 Å². The average Bonchev–Trinajstić information content (AvgIpc) is 2.88. The fourth-order valence-electron chi connectivity index (χ4n) is 2.49. The van der Waals surface area contributed by atoms with Gasteiger partial charge in [-0.1, -0.05) is 48.0 Å². The standard InChI is InChI=1S/C18H19NS/c1-13-6-5-7-15(10-13)14(2)19-11-16-12-20-18-9-4-3-8-17(16)18/h3-10,12,14,19H,11H2,1-2H3/t14-/m0/s1. The van der Waals surface area contributed by atoms with E-state index >= 15 is 0 Å². The molecule has 3 rings (SSSR count). The van der Waals surface area contributed by atoms with E-state index < -0.39 is 0 Å². The number of hydrogen-bond acceptors (Lipinski definition) is 2. The van der Waals surface area contributed by atoms with Gasteiger partial charge in [0.1, 0.15) is 0 Å². The van der Waals surface area contributed by atoms with Crippen LogP contribution < -0.4 is 5.32 Å². The monoisotopic (exact) mass is 281 g/mol. The van der Waals surface area contributed by atoms with Crippen LogP contribution in [0.2, 0.25) is 0 Å². The molecule has 2 aromatic carbocycles. The SMILES string of the molecule is Cc1cccc([C@H](C)NCc2csc3ccccc23)c1. The Kier molecular flexibility index (Phi) is 3.86. The topological polar surface area (TPSA) is 12.0 Å². The van der Waals surface area contributed by atoms with Crippen LogP contribution in [0.15, 0.2) is 53.9 Å². The molecular formula is C18H19NS. The van der Waals surface area contributed by atoms with Gasteiger partial charge in [0, 0.05) is 17.3 Å². The van der Waals surface area contributed by atoms with Crippen molar-refractivity contribution in [2.45, 2.75) is 26.4 Å².